The van der Waals surface area contributed by atoms with Crippen LogP contribution in [0.4, 0.5) is 0 Å². The number of benzene rings is 8. The number of oxime groups is 2. The summed E-state index contributed by atoms with van der Waals surface area (Å²) in [6, 6.07) is 71.2. The van der Waals surface area contributed by atoms with E-state index in [4.69, 9.17) is 29.5 Å². The number of carbonyl (C=O) groups excluding carboxylic acids is 2. The number of H-pyrrole nitrogens is 2. The SMILES string of the molecule is COc1ccc2[nH]cc(C/C(=N\OC(c3ccccc3)(c3ccccc3)c3ccccc3)C(=O)NCCSSCCNC(=O)/C(Cc3c[nH]c4ccc(OC)cc34)=N/OC(c3ccccc3)(c3ccccc3)c3ccccc3)c2c1. The number of nitrogens with zero attached hydrogens (tertiary/aromatic N) is 2. The Balaban J connectivity index is 0.846. The van der Waals surface area contributed by atoms with E-state index in [-0.39, 0.29) is 36.1 Å². The van der Waals surface area contributed by atoms with Crippen LogP contribution in [-0.2, 0) is 43.3 Å². The summed E-state index contributed by atoms with van der Waals surface area (Å²) in [4.78, 5) is 49.3. The molecule has 10 rings (SSSR count). The monoisotopic (exact) mass is 1100 g/mol. The van der Waals surface area contributed by atoms with Crippen molar-refractivity contribution < 1.29 is 28.7 Å². The Hall–Kier alpha value is -8.98. The van der Waals surface area contributed by atoms with Gasteiger partial charge in [0.1, 0.15) is 22.9 Å². The molecule has 0 saturated carbocycles. The highest BCUT2D eigenvalue weighted by atomic mass is 33.1. The van der Waals surface area contributed by atoms with E-state index >= 15 is 0 Å². The Bertz CT molecular complexity index is 3260. The summed E-state index contributed by atoms with van der Waals surface area (Å²) in [7, 11) is 6.45. The average molecular weight is 1100 g/mol. The number of hydrogen-bond donors (Lipinski definition) is 4. The summed E-state index contributed by atoms with van der Waals surface area (Å²) in [5, 5.41) is 17.7. The number of hydrogen-bond acceptors (Lipinski definition) is 10. The van der Waals surface area contributed by atoms with Gasteiger partial charge in [0.05, 0.1) is 14.2 Å². The summed E-state index contributed by atoms with van der Waals surface area (Å²) >= 11 is 0. The zero-order valence-corrected chi connectivity index (χ0v) is 46.0. The number of carbonyl (C=O) groups is 2. The van der Waals surface area contributed by atoms with Gasteiger partial charge >= 0.3 is 0 Å². The fourth-order valence-electron chi connectivity index (χ4n) is 9.87. The maximum atomic E-state index is 14.5. The van der Waals surface area contributed by atoms with Gasteiger partial charge in [-0.1, -0.05) is 214 Å². The molecule has 0 aliphatic rings. The van der Waals surface area contributed by atoms with E-state index in [1.54, 1.807) is 35.8 Å². The number of rotatable bonds is 25. The molecule has 4 N–H and O–H groups in total. The highest BCUT2D eigenvalue weighted by molar-refractivity contribution is 8.76. The van der Waals surface area contributed by atoms with E-state index in [2.05, 4.69) is 20.6 Å². The maximum absolute atomic E-state index is 14.5. The molecular weight excluding hydrogens is 1040 g/mol. The summed E-state index contributed by atoms with van der Waals surface area (Å²) in [5.74, 6) is 1.84. The van der Waals surface area contributed by atoms with Crippen LogP contribution in [0.15, 0.2) is 241 Å². The molecule has 2 heterocycles. The van der Waals surface area contributed by atoms with E-state index < -0.39 is 11.2 Å². The van der Waals surface area contributed by atoms with Crippen molar-refractivity contribution in [1.82, 2.24) is 20.6 Å². The Kier molecular flexibility index (Phi) is 17.8. The maximum Gasteiger partial charge on any atom is 0.269 e. The molecule has 12 nitrogen and oxygen atoms in total. The van der Waals surface area contributed by atoms with Crippen molar-refractivity contribution in [2.75, 3.05) is 38.8 Å². The third-order valence-corrected chi connectivity index (χ3v) is 16.3. The van der Waals surface area contributed by atoms with Gasteiger partial charge in [0.25, 0.3) is 11.8 Å². The van der Waals surface area contributed by atoms with Gasteiger partial charge in [-0.05, 0) is 47.5 Å². The second-order valence-corrected chi connectivity index (χ2v) is 21.5. The summed E-state index contributed by atoms with van der Waals surface area (Å²) in [5.41, 5.74) is 6.65. The molecule has 0 atom stereocenters. The molecule has 2 aromatic heterocycles. The number of methoxy groups -OCH3 is 2. The van der Waals surface area contributed by atoms with Crippen LogP contribution in [0.5, 0.6) is 11.5 Å². The van der Waals surface area contributed by atoms with Crippen LogP contribution in [0.3, 0.4) is 0 Å². The van der Waals surface area contributed by atoms with Crippen molar-refractivity contribution in [3.05, 3.63) is 275 Å². The Labute approximate surface area is 473 Å². The quantitative estimate of drug-likeness (QED) is 0.0145. The molecule has 0 fully saturated rings. The molecule has 0 radical (unpaired) electrons. The zero-order chi connectivity index (χ0) is 55.0. The van der Waals surface area contributed by atoms with Gasteiger partial charge in [0.2, 0.25) is 11.2 Å². The summed E-state index contributed by atoms with van der Waals surface area (Å²) in [6.45, 7) is 0.695. The zero-order valence-electron chi connectivity index (χ0n) is 44.3. The van der Waals surface area contributed by atoms with Gasteiger partial charge in [-0.25, -0.2) is 0 Å². The first kappa shape index (κ1) is 54.4. The fourth-order valence-corrected chi connectivity index (χ4v) is 11.7. The minimum atomic E-state index is -1.19. The lowest BCUT2D eigenvalue weighted by Gasteiger charge is -2.33. The van der Waals surface area contributed by atoms with Crippen LogP contribution in [0.1, 0.15) is 44.5 Å². The molecular formula is C66H60N6O6S2. The molecule has 0 aliphatic carbocycles. The number of fused-ring (bicyclic) bond motifs is 2. The number of aromatic amines is 2. The highest BCUT2D eigenvalue weighted by Gasteiger charge is 2.41. The van der Waals surface area contributed by atoms with Crippen molar-refractivity contribution in [2.24, 2.45) is 10.3 Å². The average Bonchev–Trinajstić information content (AvgIpc) is 4.22. The van der Waals surface area contributed by atoms with Crippen molar-refractivity contribution in [3.63, 3.8) is 0 Å². The lowest BCUT2D eigenvalue weighted by Crippen LogP contribution is -2.36. The Morgan fingerprint density at radius 2 is 0.738 bits per heavy atom. The van der Waals surface area contributed by atoms with E-state index in [1.165, 1.54) is 0 Å². The molecule has 0 bridgehead atoms. The topological polar surface area (TPSA) is 151 Å². The van der Waals surface area contributed by atoms with E-state index in [0.29, 0.717) is 36.1 Å². The molecule has 14 heteroatoms. The van der Waals surface area contributed by atoms with Gasteiger partial charge in [-0.3, -0.25) is 9.59 Å². The normalized spacial score (nSPS) is 12.0. The van der Waals surface area contributed by atoms with E-state index in [9.17, 15) is 9.59 Å². The lowest BCUT2D eigenvalue weighted by molar-refractivity contribution is -0.116. The van der Waals surface area contributed by atoms with Crippen LogP contribution in [-0.4, -0.2) is 72.0 Å². The fraction of sp³-hybridized carbons (Fsp3) is 0.152. The van der Waals surface area contributed by atoms with Crippen molar-refractivity contribution >= 4 is 66.6 Å². The second kappa shape index (κ2) is 26.1. The first-order valence-corrected chi connectivity index (χ1v) is 28.8. The first-order chi connectivity index (χ1) is 39.4. The van der Waals surface area contributed by atoms with Crippen LogP contribution < -0.4 is 20.1 Å². The van der Waals surface area contributed by atoms with Crippen LogP contribution >= 0.6 is 21.6 Å². The number of amides is 2. The van der Waals surface area contributed by atoms with Gasteiger partial charge in [-0.2, -0.15) is 0 Å². The third-order valence-electron chi connectivity index (χ3n) is 13.9. The van der Waals surface area contributed by atoms with Crippen molar-refractivity contribution in [2.45, 2.75) is 24.0 Å². The number of ether oxygens (including phenoxy) is 2. The van der Waals surface area contributed by atoms with Gasteiger partial charge < -0.3 is 39.8 Å². The van der Waals surface area contributed by atoms with Crippen LogP contribution in [0.25, 0.3) is 21.8 Å². The van der Waals surface area contributed by atoms with Gasteiger partial charge in [-0.15, -0.1) is 0 Å². The molecule has 80 heavy (non-hydrogen) atoms. The minimum Gasteiger partial charge on any atom is -0.497 e. The molecule has 0 spiro atoms. The first-order valence-electron chi connectivity index (χ1n) is 26.3. The number of nitrogens with one attached hydrogen (secondary N) is 4. The molecule has 0 saturated heterocycles. The highest BCUT2D eigenvalue weighted by Crippen LogP contribution is 2.42. The smallest absolute Gasteiger partial charge is 0.269 e. The van der Waals surface area contributed by atoms with E-state index in [1.807, 2.05) is 231 Å². The standard InChI is InChI=1S/C66H60N6O6S2/c1-75-55-33-35-59-57(43-55)47(45-69-59)41-61(71-77-65(49-21-9-3-10-22-49,50-23-11-4-12-24-50)51-25-13-5-14-26-51)63(73)67-37-39-79-80-40-38-68-64(74)62(42-48-46-70-60-36-34-56(76-2)44-58(48)60)72-78-66(52-27-15-6-16-28-52,53-29-17-7-18-30-53)54-31-19-8-20-32-54/h3-36,43-46,69-70H,37-42H2,1-2H3,(H,67,73)(H,68,74)/b71-61+,72-62+. The molecule has 0 aliphatic heterocycles. The summed E-state index contributed by atoms with van der Waals surface area (Å²) < 4.78 is 11.1. The van der Waals surface area contributed by atoms with Crippen LogP contribution in [0.2, 0.25) is 0 Å². The predicted octanol–water partition coefficient (Wildman–Crippen LogP) is 12.8. The molecule has 0 unspecified atom stereocenters. The largest absolute Gasteiger partial charge is 0.497 e. The Morgan fingerprint density at radius 3 is 1.02 bits per heavy atom. The molecule has 2 amide bonds. The molecule has 402 valence electrons. The molecule has 10 aromatic rings. The van der Waals surface area contributed by atoms with Gasteiger partial charge in [0, 0.05) is 105 Å². The number of aromatic nitrogens is 2. The van der Waals surface area contributed by atoms with Gasteiger partial charge in [0.15, 0.2) is 0 Å². The van der Waals surface area contributed by atoms with Crippen molar-refractivity contribution in [3.8, 4) is 11.5 Å². The summed E-state index contributed by atoms with van der Waals surface area (Å²) in [6.07, 6.45) is 4.13. The van der Waals surface area contributed by atoms with Crippen LogP contribution in [0, 0.1) is 0 Å². The van der Waals surface area contributed by atoms with E-state index in [0.717, 1.165) is 66.3 Å². The third kappa shape index (κ3) is 12.2. The second-order valence-electron chi connectivity index (χ2n) is 18.8. The van der Waals surface area contributed by atoms with Crippen molar-refractivity contribution in [1.29, 1.82) is 0 Å². The Morgan fingerprint density at radius 1 is 0.438 bits per heavy atom. The lowest BCUT2D eigenvalue weighted by atomic mass is 9.80. The molecule has 8 aromatic carbocycles. The predicted molar refractivity (Wildman–Crippen MR) is 324 cm³/mol. The minimum absolute atomic E-state index is 0.172.